The van der Waals surface area contributed by atoms with E-state index in [4.69, 9.17) is 0 Å². The fraction of sp³-hybridized carbons (Fsp3) is 0.529. The number of aromatic nitrogens is 2. The quantitative estimate of drug-likeness (QED) is 0.767. The molecule has 0 radical (unpaired) electrons. The lowest BCUT2D eigenvalue weighted by Crippen LogP contribution is -2.33. The number of amides is 1. The van der Waals surface area contributed by atoms with E-state index in [2.05, 4.69) is 27.8 Å². The summed E-state index contributed by atoms with van der Waals surface area (Å²) in [5.74, 6) is 0.0813. The average molecular weight is 366 g/mol. The molecule has 0 saturated heterocycles. The van der Waals surface area contributed by atoms with Gasteiger partial charge in [0.25, 0.3) is 5.91 Å². The fourth-order valence-corrected chi connectivity index (χ4v) is 3.29. The van der Waals surface area contributed by atoms with E-state index in [0.29, 0.717) is 5.69 Å². The molecule has 2 aromatic rings. The van der Waals surface area contributed by atoms with Gasteiger partial charge in [0.2, 0.25) is 0 Å². The van der Waals surface area contributed by atoms with Gasteiger partial charge in [0.1, 0.15) is 5.69 Å². The summed E-state index contributed by atoms with van der Waals surface area (Å²) in [5.41, 5.74) is 3.49. The Balaban J connectivity index is 2.55. The van der Waals surface area contributed by atoms with Crippen LogP contribution in [0.25, 0.3) is 5.65 Å². The number of fused-ring (bicyclic) bond motifs is 1. The topological polar surface area (TPSA) is 37.6 Å². The van der Waals surface area contributed by atoms with E-state index in [-0.39, 0.29) is 5.91 Å². The smallest absolute Gasteiger partial charge is 0.272 e. The van der Waals surface area contributed by atoms with Crippen molar-refractivity contribution in [3.8, 4) is 0 Å². The molecule has 2 rings (SSSR count). The van der Waals surface area contributed by atoms with Gasteiger partial charge >= 0.3 is 0 Å². The van der Waals surface area contributed by atoms with Crippen molar-refractivity contribution in [3.63, 3.8) is 0 Å². The van der Waals surface area contributed by atoms with E-state index in [9.17, 15) is 4.79 Å². The zero-order valence-corrected chi connectivity index (χ0v) is 15.4. The molecule has 0 atom stereocenters. The summed E-state index contributed by atoms with van der Waals surface area (Å²) in [6, 6.07) is 2.03. The monoisotopic (exact) mass is 365 g/mol. The molecular weight excluding hydrogens is 342 g/mol. The van der Waals surface area contributed by atoms with Crippen LogP contribution in [0.1, 0.15) is 55.4 Å². The molecule has 0 aliphatic rings. The van der Waals surface area contributed by atoms with Crippen LogP contribution < -0.4 is 0 Å². The number of aryl methyl sites for hydroxylation is 2. The summed E-state index contributed by atoms with van der Waals surface area (Å²) in [6.45, 7) is 9.77. The zero-order chi connectivity index (χ0) is 16.3. The standard InChI is InChI=1S/C17H24BrN3O/c1-5-8-9-20(7-3)17(22)15-14(6-2)19-16-13(18)10-12(4)11-21(15)16/h10-11H,5-9H2,1-4H3. The minimum atomic E-state index is 0.0813. The van der Waals surface area contributed by atoms with Crippen molar-refractivity contribution in [2.24, 2.45) is 0 Å². The summed E-state index contributed by atoms with van der Waals surface area (Å²) in [4.78, 5) is 19.6. The largest absolute Gasteiger partial charge is 0.338 e. The minimum absolute atomic E-state index is 0.0813. The molecule has 0 spiro atoms. The number of rotatable bonds is 6. The Hall–Kier alpha value is -1.36. The lowest BCUT2D eigenvalue weighted by Gasteiger charge is -2.21. The fourth-order valence-electron chi connectivity index (χ4n) is 2.65. The zero-order valence-electron chi connectivity index (χ0n) is 13.8. The molecule has 0 aromatic carbocycles. The Bertz CT molecular complexity index is 678. The highest BCUT2D eigenvalue weighted by Gasteiger charge is 2.23. The van der Waals surface area contributed by atoms with Gasteiger partial charge in [-0.15, -0.1) is 0 Å². The molecule has 22 heavy (non-hydrogen) atoms. The second kappa shape index (κ2) is 7.27. The van der Waals surface area contributed by atoms with Gasteiger partial charge in [-0.1, -0.05) is 20.3 Å². The number of hydrogen-bond donors (Lipinski definition) is 0. The van der Waals surface area contributed by atoms with Crippen molar-refractivity contribution in [2.75, 3.05) is 13.1 Å². The molecule has 120 valence electrons. The summed E-state index contributed by atoms with van der Waals surface area (Å²) < 4.78 is 2.87. The van der Waals surface area contributed by atoms with Crippen molar-refractivity contribution in [2.45, 2.75) is 47.0 Å². The molecular formula is C17H24BrN3O. The second-order valence-corrected chi connectivity index (χ2v) is 6.41. The number of nitrogens with zero attached hydrogens (tertiary/aromatic N) is 3. The number of carbonyl (C=O) groups excluding carboxylic acids is 1. The van der Waals surface area contributed by atoms with Gasteiger partial charge in [0.15, 0.2) is 5.65 Å². The lowest BCUT2D eigenvalue weighted by atomic mass is 10.2. The third-order valence-electron chi connectivity index (χ3n) is 3.87. The average Bonchev–Trinajstić information content (AvgIpc) is 2.86. The number of hydrogen-bond acceptors (Lipinski definition) is 2. The van der Waals surface area contributed by atoms with Gasteiger partial charge in [-0.05, 0) is 54.2 Å². The molecule has 0 fully saturated rings. The number of carbonyl (C=O) groups is 1. The van der Waals surface area contributed by atoms with Crippen LogP contribution in [0.5, 0.6) is 0 Å². The van der Waals surface area contributed by atoms with Crippen LogP contribution in [0.3, 0.4) is 0 Å². The van der Waals surface area contributed by atoms with Gasteiger partial charge in [-0.25, -0.2) is 4.98 Å². The van der Waals surface area contributed by atoms with Crippen LogP contribution in [0, 0.1) is 6.92 Å². The van der Waals surface area contributed by atoms with Gasteiger partial charge in [0, 0.05) is 19.3 Å². The van der Waals surface area contributed by atoms with Crippen molar-refractivity contribution in [1.29, 1.82) is 0 Å². The van der Waals surface area contributed by atoms with E-state index in [1.807, 2.05) is 42.3 Å². The van der Waals surface area contributed by atoms with E-state index < -0.39 is 0 Å². The van der Waals surface area contributed by atoms with Crippen molar-refractivity contribution in [3.05, 3.63) is 33.7 Å². The molecule has 2 heterocycles. The first-order valence-electron chi connectivity index (χ1n) is 7.99. The van der Waals surface area contributed by atoms with Crippen LogP contribution >= 0.6 is 15.9 Å². The number of unbranched alkanes of at least 4 members (excludes halogenated alkanes) is 1. The summed E-state index contributed by atoms with van der Waals surface area (Å²) in [7, 11) is 0. The van der Waals surface area contributed by atoms with E-state index >= 15 is 0 Å². The molecule has 0 unspecified atom stereocenters. The van der Waals surface area contributed by atoms with Gasteiger partial charge in [0.05, 0.1) is 10.2 Å². The van der Waals surface area contributed by atoms with E-state index in [0.717, 1.165) is 53.7 Å². The Morgan fingerprint density at radius 1 is 1.36 bits per heavy atom. The molecule has 0 aliphatic carbocycles. The Morgan fingerprint density at radius 3 is 2.68 bits per heavy atom. The number of pyridine rings is 1. The Labute approximate surface area is 140 Å². The predicted octanol–water partition coefficient (Wildman–Crippen LogP) is 4.23. The molecule has 5 heteroatoms. The third kappa shape index (κ3) is 3.19. The highest BCUT2D eigenvalue weighted by atomic mass is 79.9. The molecule has 4 nitrogen and oxygen atoms in total. The van der Waals surface area contributed by atoms with Crippen LogP contribution in [0.4, 0.5) is 0 Å². The first-order valence-corrected chi connectivity index (χ1v) is 8.79. The molecule has 0 N–H and O–H groups in total. The predicted molar refractivity (Wildman–Crippen MR) is 93.5 cm³/mol. The molecule has 0 bridgehead atoms. The molecule has 0 saturated carbocycles. The van der Waals surface area contributed by atoms with Gasteiger partial charge in [-0.2, -0.15) is 0 Å². The number of halogens is 1. The first kappa shape index (κ1) is 17.0. The maximum atomic E-state index is 13.0. The summed E-state index contributed by atoms with van der Waals surface area (Å²) in [5, 5.41) is 0. The van der Waals surface area contributed by atoms with Crippen molar-refractivity contribution < 1.29 is 4.79 Å². The Morgan fingerprint density at radius 2 is 2.09 bits per heavy atom. The normalized spacial score (nSPS) is 11.1. The molecule has 0 aliphatic heterocycles. The van der Waals surface area contributed by atoms with Crippen molar-refractivity contribution >= 4 is 27.5 Å². The number of imidazole rings is 1. The van der Waals surface area contributed by atoms with Crippen LogP contribution in [0.15, 0.2) is 16.7 Å². The summed E-state index contributed by atoms with van der Waals surface area (Å²) >= 11 is 3.56. The lowest BCUT2D eigenvalue weighted by molar-refractivity contribution is 0.0754. The van der Waals surface area contributed by atoms with Crippen LogP contribution in [-0.2, 0) is 6.42 Å². The maximum absolute atomic E-state index is 13.0. The van der Waals surface area contributed by atoms with Gasteiger partial charge in [-0.3, -0.25) is 9.20 Å². The summed E-state index contributed by atoms with van der Waals surface area (Å²) in [6.07, 6.45) is 4.86. The second-order valence-electron chi connectivity index (χ2n) is 5.56. The Kier molecular flexibility index (Phi) is 5.62. The van der Waals surface area contributed by atoms with Crippen LogP contribution in [-0.4, -0.2) is 33.3 Å². The first-order chi connectivity index (χ1) is 10.5. The molecule has 2 aromatic heterocycles. The van der Waals surface area contributed by atoms with Crippen molar-refractivity contribution in [1.82, 2.24) is 14.3 Å². The van der Waals surface area contributed by atoms with Crippen LogP contribution in [0.2, 0.25) is 0 Å². The maximum Gasteiger partial charge on any atom is 0.272 e. The molecule has 1 amide bonds. The highest BCUT2D eigenvalue weighted by Crippen LogP contribution is 2.24. The van der Waals surface area contributed by atoms with Gasteiger partial charge < -0.3 is 4.90 Å². The SMILES string of the molecule is CCCCN(CC)C(=O)c1c(CC)nc2c(Br)cc(C)cn12. The van der Waals surface area contributed by atoms with E-state index in [1.165, 1.54) is 0 Å². The highest BCUT2D eigenvalue weighted by molar-refractivity contribution is 9.10. The third-order valence-corrected chi connectivity index (χ3v) is 4.46. The minimum Gasteiger partial charge on any atom is -0.338 e. The van der Waals surface area contributed by atoms with E-state index in [1.54, 1.807) is 0 Å².